The number of thiazole rings is 1. The standard InChI is InChI=1S/C14H24N4OS/c1-6-15-10(2)11-9-16-13(20-11)18-8-7-17(5)12(19)14(18,3)4/h9-10,15H,6-8H2,1-5H3. The van der Waals surface area contributed by atoms with Crippen molar-refractivity contribution >= 4 is 22.4 Å². The van der Waals surface area contributed by atoms with E-state index in [9.17, 15) is 4.79 Å². The topological polar surface area (TPSA) is 48.5 Å². The molecule has 2 rings (SSSR count). The van der Waals surface area contributed by atoms with Gasteiger partial charge in [-0.15, -0.1) is 11.3 Å². The minimum absolute atomic E-state index is 0.153. The summed E-state index contributed by atoms with van der Waals surface area (Å²) < 4.78 is 0. The van der Waals surface area contributed by atoms with E-state index in [1.54, 1.807) is 16.2 Å². The highest BCUT2D eigenvalue weighted by Gasteiger charge is 2.41. The molecule has 0 aromatic carbocycles. The third kappa shape index (κ3) is 2.67. The van der Waals surface area contributed by atoms with Gasteiger partial charge in [-0.25, -0.2) is 4.98 Å². The number of hydrogen-bond acceptors (Lipinski definition) is 5. The van der Waals surface area contributed by atoms with Crippen LogP contribution >= 0.6 is 11.3 Å². The van der Waals surface area contributed by atoms with Crippen LogP contribution in [0.25, 0.3) is 0 Å². The summed E-state index contributed by atoms with van der Waals surface area (Å²) in [4.78, 5) is 22.0. The second-order valence-corrected chi connectivity index (χ2v) is 6.80. The summed E-state index contributed by atoms with van der Waals surface area (Å²) in [5.74, 6) is 0.153. The van der Waals surface area contributed by atoms with Crippen molar-refractivity contribution in [2.24, 2.45) is 0 Å². The first-order chi connectivity index (χ1) is 9.37. The summed E-state index contributed by atoms with van der Waals surface area (Å²) in [5, 5.41) is 4.33. The molecule has 0 saturated carbocycles. The van der Waals surface area contributed by atoms with Crippen molar-refractivity contribution in [1.29, 1.82) is 0 Å². The number of carbonyl (C=O) groups excluding carboxylic acids is 1. The molecule has 0 aliphatic carbocycles. The Kier molecular flexibility index (Phi) is 4.34. The normalized spacial score (nSPS) is 20.4. The number of carbonyl (C=O) groups is 1. The molecular formula is C14H24N4OS. The van der Waals surface area contributed by atoms with Crippen LogP contribution in [-0.4, -0.2) is 48.0 Å². The molecule has 1 N–H and O–H groups in total. The predicted molar refractivity (Wildman–Crippen MR) is 83.3 cm³/mol. The minimum atomic E-state index is -0.524. The Labute approximate surface area is 125 Å². The van der Waals surface area contributed by atoms with Gasteiger partial charge in [-0.1, -0.05) is 6.92 Å². The summed E-state index contributed by atoms with van der Waals surface area (Å²) in [6, 6.07) is 0.303. The van der Waals surface area contributed by atoms with E-state index >= 15 is 0 Å². The van der Waals surface area contributed by atoms with Crippen LogP contribution in [-0.2, 0) is 4.79 Å². The first-order valence-electron chi connectivity index (χ1n) is 7.10. The number of nitrogens with one attached hydrogen (secondary N) is 1. The average molecular weight is 296 g/mol. The van der Waals surface area contributed by atoms with Gasteiger partial charge in [-0.2, -0.15) is 0 Å². The van der Waals surface area contributed by atoms with E-state index in [2.05, 4.69) is 29.0 Å². The molecule has 1 aliphatic heterocycles. The Morgan fingerprint density at radius 1 is 1.50 bits per heavy atom. The fourth-order valence-corrected chi connectivity index (χ4v) is 3.67. The number of rotatable bonds is 4. The molecule has 1 fully saturated rings. The van der Waals surface area contributed by atoms with E-state index in [-0.39, 0.29) is 5.91 Å². The molecule has 1 saturated heterocycles. The largest absolute Gasteiger partial charge is 0.342 e. The number of amides is 1. The molecule has 1 aliphatic rings. The lowest BCUT2D eigenvalue weighted by Crippen LogP contribution is -2.62. The van der Waals surface area contributed by atoms with Gasteiger partial charge in [-0.05, 0) is 27.3 Å². The zero-order valence-corrected chi connectivity index (χ0v) is 13.8. The molecule has 2 heterocycles. The van der Waals surface area contributed by atoms with Gasteiger partial charge >= 0.3 is 0 Å². The predicted octanol–water partition coefficient (Wildman–Crippen LogP) is 1.87. The van der Waals surface area contributed by atoms with Gasteiger partial charge in [-0.3, -0.25) is 4.79 Å². The van der Waals surface area contributed by atoms with Gasteiger partial charge in [0.1, 0.15) is 5.54 Å². The maximum absolute atomic E-state index is 12.3. The third-order valence-corrected chi connectivity index (χ3v) is 5.09. The third-order valence-electron chi connectivity index (χ3n) is 3.88. The van der Waals surface area contributed by atoms with Crippen molar-refractivity contribution in [2.75, 3.05) is 31.6 Å². The monoisotopic (exact) mass is 296 g/mol. The van der Waals surface area contributed by atoms with Gasteiger partial charge in [0.25, 0.3) is 0 Å². The maximum atomic E-state index is 12.3. The van der Waals surface area contributed by atoms with Crippen LogP contribution in [0, 0.1) is 0 Å². The minimum Gasteiger partial charge on any atom is -0.342 e. The Morgan fingerprint density at radius 3 is 2.85 bits per heavy atom. The lowest BCUT2D eigenvalue weighted by Gasteiger charge is -2.44. The summed E-state index contributed by atoms with van der Waals surface area (Å²) in [6.07, 6.45) is 1.92. The van der Waals surface area contributed by atoms with Gasteiger partial charge in [0.2, 0.25) is 5.91 Å². The molecule has 1 unspecified atom stereocenters. The second-order valence-electron chi connectivity index (χ2n) is 5.76. The molecule has 6 heteroatoms. The van der Waals surface area contributed by atoms with Gasteiger partial charge in [0.15, 0.2) is 5.13 Å². The van der Waals surface area contributed by atoms with Crippen LogP contribution in [0.15, 0.2) is 6.20 Å². The van der Waals surface area contributed by atoms with Crippen molar-refractivity contribution in [3.8, 4) is 0 Å². The number of hydrogen-bond donors (Lipinski definition) is 1. The fraction of sp³-hybridized carbons (Fsp3) is 0.714. The quantitative estimate of drug-likeness (QED) is 0.921. The second kappa shape index (κ2) is 5.69. The van der Waals surface area contributed by atoms with E-state index in [0.717, 1.165) is 24.8 Å². The molecule has 1 amide bonds. The van der Waals surface area contributed by atoms with E-state index in [0.29, 0.717) is 6.04 Å². The van der Waals surface area contributed by atoms with Gasteiger partial charge < -0.3 is 15.1 Å². The van der Waals surface area contributed by atoms with Crippen LogP contribution < -0.4 is 10.2 Å². The first-order valence-corrected chi connectivity index (χ1v) is 7.92. The van der Waals surface area contributed by atoms with Crippen LogP contribution in [0.4, 0.5) is 5.13 Å². The van der Waals surface area contributed by atoms with Crippen molar-refractivity contribution in [3.05, 3.63) is 11.1 Å². The Morgan fingerprint density at radius 2 is 2.20 bits per heavy atom. The summed E-state index contributed by atoms with van der Waals surface area (Å²) >= 11 is 1.67. The highest BCUT2D eigenvalue weighted by molar-refractivity contribution is 7.15. The lowest BCUT2D eigenvalue weighted by molar-refractivity contribution is -0.136. The molecule has 0 bridgehead atoms. The molecule has 5 nitrogen and oxygen atoms in total. The molecule has 20 heavy (non-hydrogen) atoms. The summed E-state index contributed by atoms with van der Waals surface area (Å²) in [6.45, 7) is 10.7. The number of likely N-dealkylation sites (N-methyl/N-ethyl adjacent to an activating group) is 1. The summed E-state index contributed by atoms with van der Waals surface area (Å²) in [5.41, 5.74) is -0.524. The highest BCUT2D eigenvalue weighted by atomic mass is 32.1. The summed E-state index contributed by atoms with van der Waals surface area (Å²) in [7, 11) is 1.86. The van der Waals surface area contributed by atoms with E-state index in [1.807, 2.05) is 27.1 Å². The molecule has 1 atom stereocenters. The molecule has 1 aromatic heterocycles. The number of aromatic nitrogens is 1. The molecular weight excluding hydrogens is 272 g/mol. The van der Waals surface area contributed by atoms with Crippen molar-refractivity contribution in [3.63, 3.8) is 0 Å². The van der Waals surface area contributed by atoms with E-state index in [4.69, 9.17) is 0 Å². The highest BCUT2D eigenvalue weighted by Crippen LogP contribution is 2.33. The maximum Gasteiger partial charge on any atom is 0.247 e. The SMILES string of the molecule is CCNC(C)c1cnc(N2CCN(C)C(=O)C2(C)C)s1. The molecule has 0 spiro atoms. The van der Waals surface area contributed by atoms with Crippen molar-refractivity contribution in [1.82, 2.24) is 15.2 Å². The molecule has 112 valence electrons. The number of nitrogens with zero attached hydrogens (tertiary/aromatic N) is 3. The zero-order valence-electron chi connectivity index (χ0n) is 12.9. The Bertz CT molecular complexity index is 485. The zero-order chi connectivity index (χ0) is 14.9. The number of anilines is 1. The smallest absolute Gasteiger partial charge is 0.247 e. The number of piperazine rings is 1. The van der Waals surface area contributed by atoms with Crippen LogP contribution in [0.5, 0.6) is 0 Å². The van der Waals surface area contributed by atoms with Gasteiger partial charge in [0.05, 0.1) is 0 Å². The lowest BCUT2D eigenvalue weighted by atomic mass is 9.99. The average Bonchev–Trinajstić information content (AvgIpc) is 2.86. The van der Waals surface area contributed by atoms with Gasteiger partial charge in [0, 0.05) is 37.3 Å². The Hall–Kier alpha value is -1.14. The van der Waals surface area contributed by atoms with Crippen LogP contribution in [0.1, 0.15) is 38.6 Å². The van der Waals surface area contributed by atoms with Crippen LogP contribution in [0.3, 0.4) is 0 Å². The molecule has 1 aromatic rings. The molecule has 0 radical (unpaired) electrons. The van der Waals surface area contributed by atoms with E-state index < -0.39 is 5.54 Å². The van der Waals surface area contributed by atoms with E-state index in [1.165, 1.54) is 4.88 Å². The van der Waals surface area contributed by atoms with Crippen LogP contribution in [0.2, 0.25) is 0 Å². The van der Waals surface area contributed by atoms with Crippen molar-refractivity contribution in [2.45, 2.75) is 39.3 Å². The first kappa shape index (κ1) is 15.3. The van der Waals surface area contributed by atoms with Crippen molar-refractivity contribution < 1.29 is 4.79 Å². The Balaban J connectivity index is 2.21. The fourth-order valence-electron chi connectivity index (χ4n) is 2.56.